The number of allylic oxidation sites excluding steroid dienone is 1. The van der Waals surface area contributed by atoms with Crippen LogP contribution in [0.15, 0.2) is 48.5 Å². The van der Waals surface area contributed by atoms with Crippen molar-refractivity contribution in [1.82, 2.24) is 9.55 Å². The highest BCUT2D eigenvalue weighted by molar-refractivity contribution is 6.07. The van der Waals surface area contributed by atoms with Crippen LogP contribution in [-0.4, -0.2) is 26.5 Å². The molecule has 0 saturated carbocycles. The number of fused-ring (bicyclic) bond motifs is 3. The number of imidazole rings is 1. The topological polar surface area (TPSA) is 64.4 Å². The Morgan fingerprint density at radius 2 is 1.96 bits per heavy atom. The van der Waals surface area contributed by atoms with Crippen LogP contribution in [0, 0.1) is 6.92 Å². The number of nitrogens with zero attached hydrogens (tertiary/aromatic N) is 2. The number of carbonyl (C=O) groups is 1. The Morgan fingerprint density at radius 3 is 2.68 bits per heavy atom. The molecule has 1 aliphatic rings. The summed E-state index contributed by atoms with van der Waals surface area (Å²) in [5, 5.41) is 10.4. The zero-order chi connectivity index (χ0) is 17.6. The molecule has 2 unspecified atom stereocenters. The van der Waals surface area contributed by atoms with E-state index in [1.54, 1.807) is 6.07 Å². The molecule has 1 aliphatic heterocycles. The average Bonchev–Trinajstić information content (AvgIpc) is 2.95. The van der Waals surface area contributed by atoms with Crippen molar-refractivity contribution in [1.29, 1.82) is 0 Å². The first-order chi connectivity index (χ1) is 12.1. The monoisotopic (exact) mass is 334 g/mol. The minimum absolute atomic E-state index is 0.338. The van der Waals surface area contributed by atoms with Crippen LogP contribution in [0.25, 0.3) is 17.2 Å². The van der Waals surface area contributed by atoms with Gasteiger partial charge in [0, 0.05) is 6.20 Å². The van der Waals surface area contributed by atoms with Crippen molar-refractivity contribution in [2.75, 3.05) is 0 Å². The second kappa shape index (κ2) is 5.86. The highest BCUT2D eigenvalue weighted by Gasteiger charge is 2.38. The number of carbonyl (C=O) groups excluding carboxylic acids is 1. The van der Waals surface area contributed by atoms with Crippen LogP contribution in [0.5, 0.6) is 5.75 Å². The van der Waals surface area contributed by atoms with E-state index in [-0.39, 0.29) is 5.78 Å². The molecule has 3 aromatic rings. The summed E-state index contributed by atoms with van der Waals surface area (Å²) >= 11 is 0. The second-order valence-corrected chi connectivity index (χ2v) is 6.08. The van der Waals surface area contributed by atoms with E-state index in [0.717, 1.165) is 16.9 Å². The van der Waals surface area contributed by atoms with E-state index in [9.17, 15) is 9.90 Å². The maximum Gasteiger partial charge on any atom is 0.199 e. The molecule has 126 valence electrons. The van der Waals surface area contributed by atoms with Crippen LogP contribution in [0.4, 0.5) is 0 Å². The summed E-state index contributed by atoms with van der Waals surface area (Å²) in [6.07, 6.45) is 1.88. The van der Waals surface area contributed by atoms with E-state index in [2.05, 4.69) is 4.98 Å². The molecule has 0 bridgehead atoms. The molecule has 5 heteroatoms. The Labute approximate surface area is 145 Å². The average molecular weight is 334 g/mol. The van der Waals surface area contributed by atoms with Crippen LogP contribution in [0.3, 0.4) is 0 Å². The Balaban J connectivity index is 1.91. The molecule has 1 N–H and O–H groups in total. The first kappa shape index (κ1) is 15.6. The summed E-state index contributed by atoms with van der Waals surface area (Å²) in [5.74, 6) is 0.906. The summed E-state index contributed by atoms with van der Waals surface area (Å²) in [5.41, 5.74) is 2.63. The van der Waals surface area contributed by atoms with Gasteiger partial charge in [-0.2, -0.15) is 0 Å². The van der Waals surface area contributed by atoms with Crippen molar-refractivity contribution >= 4 is 23.0 Å². The SMILES string of the molecule is CC=Cn1c(C)nc2c3c(ccc21)C(=O)C(O)C(c1ccccc1)O3. The number of ether oxygens (including phenoxy) is 1. The largest absolute Gasteiger partial charge is 0.479 e. The molecule has 2 aromatic carbocycles. The molecule has 2 atom stereocenters. The van der Waals surface area contributed by atoms with E-state index in [1.807, 2.05) is 67.1 Å². The van der Waals surface area contributed by atoms with Crippen LogP contribution >= 0.6 is 0 Å². The van der Waals surface area contributed by atoms with Crippen LogP contribution < -0.4 is 4.74 Å². The lowest BCUT2D eigenvalue weighted by Gasteiger charge is -2.29. The molecule has 4 rings (SSSR count). The fraction of sp³-hybridized carbons (Fsp3) is 0.200. The van der Waals surface area contributed by atoms with E-state index < -0.39 is 12.2 Å². The Morgan fingerprint density at radius 1 is 1.20 bits per heavy atom. The molecule has 1 aromatic heterocycles. The van der Waals surface area contributed by atoms with Gasteiger partial charge >= 0.3 is 0 Å². The molecule has 0 saturated heterocycles. The van der Waals surface area contributed by atoms with Gasteiger partial charge in [0.1, 0.15) is 11.3 Å². The van der Waals surface area contributed by atoms with Crippen molar-refractivity contribution in [2.24, 2.45) is 0 Å². The van der Waals surface area contributed by atoms with Gasteiger partial charge in [-0.05, 0) is 31.5 Å². The summed E-state index contributed by atoms with van der Waals surface area (Å²) < 4.78 is 8.04. The number of rotatable bonds is 2. The van der Waals surface area contributed by atoms with Crippen molar-refractivity contribution < 1.29 is 14.6 Å². The molecule has 0 spiro atoms. The number of benzene rings is 2. The number of hydrogen-bond donors (Lipinski definition) is 1. The van der Waals surface area contributed by atoms with Gasteiger partial charge in [0.15, 0.2) is 23.7 Å². The third-order valence-electron chi connectivity index (χ3n) is 4.48. The molecule has 0 radical (unpaired) electrons. The third-order valence-corrected chi connectivity index (χ3v) is 4.48. The number of aliphatic hydroxyl groups is 1. The summed E-state index contributed by atoms with van der Waals surface area (Å²) in [4.78, 5) is 17.3. The fourth-order valence-electron chi connectivity index (χ4n) is 3.29. The minimum atomic E-state index is -1.23. The van der Waals surface area contributed by atoms with Gasteiger partial charge in [0.2, 0.25) is 0 Å². The third kappa shape index (κ3) is 2.36. The highest BCUT2D eigenvalue weighted by Crippen LogP contribution is 2.40. The normalized spacial score (nSPS) is 20.0. The Hall–Kier alpha value is -2.92. The van der Waals surface area contributed by atoms with Gasteiger partial charge in [-0.25, -0.2) is 4.98 Å². The van der Waals surface area contributed by atoms with E-state index in [1.165, 1.54) is 0 Å². The van der Waals surface area contributed by atoms with Crippen LogP contribution in [-0.2, 0) is 0 Å². The maximum atomic E-state index is 12.7. The van der Waals surface area contributed by atoms with Crippen molar-refractivity contribution in [3.05, 3.63) is 65.5 Å². The number of aliphatic hydroxyl groups excluding tert-OH is 1. The number of ketones is 1. The van der Waals surface area contributed by atoms with E-state index >= 15 is 0 Å². The van der Waals surface area contributed by atoms with Crippen molar-refractivity contribution in [3.8, 4) is 5.75 Å². The summed E-state index contributed by atoms with van der Waals surface area (Å²) in [6.45, 7) is 3.84. The predicted molar refractivity (Wildman–Crippen MR) is 95.6 cm³/mol. The zero-order valence-corrected chi connectivity index (χ0v) is 14.0. The minimum Gasteiger partial charge on any atom is -0.479 e. The zero-order valence-electron chi connectivity index (χ0n) is 14.0. The molecule has 0 aliphatic carbocycles. The van der Waals surface area contributed by atoms with E-state index in [4.69, 9.17) is 4.74 Å². The number of aromatic nitrogens is 2. The smallest absolute Gasteiger partial charge is 0.199 e. The molecule has 0 fully saturated rings. The van der Waals surface area contributed by atoms with Crippen molar-refractivity contribution in [3.63, 3.8) is 0 Å². The highest BCUT2D eigenvalue weighted by atomic mass is 16.5. The maximum absolute atomic E-state index is 12.7. The summed E-state index contributed by atoms with van der Waals surface area (Å²) in [7, 11) is 0. The lowest BCUT2D eigenvalue weighted by molar-refractivity contribution is 0.0223. The van der Waals surface area contributed by atoms with Gasteiger partial charge in [-0.15, -0.1) is 0 Å². The van der Waals surface area contributed by atoms with Gasteiger partial charge in [-0.3, -0.25) is 4.79 Å². The summed E-state index contributed by atoms with van der Waals surface area (Å²) in [6, 6.07) is 12.8. The Kier molecular flexibility index (Phi) is 3.66. The van der Waals surface area contributed by atoms with Gasteiger partial charge in [0.25, 0.3) is 0 Å². The quantitative estimate of drug-likeness (QED) is 0.779. The first-order valence-electron chi connectivity index (χ1n) is 8.20. The molecular formula is C20H18N2O3. The molecule has 0 amide bonds. The molecule has 2 heterocycles. The second-order valence-electron chi connectivity index (χ2n) is 6.08. The van der Waals surface area contributed by atoms with Gasteiger partial charge < -0.3 is 14.4 Å². The van der Waals surface area contributed by atoms with Crippen LogP contribution in [0.2, 0.25) is 0 Å². The molecule has 5 nitrogen and oxygen atoms in total. The predicted octanol–water partition coefficient (Wildman–Crippen LogP) is 3.51. The van der Waals surface area contributed by atoms with Crippen LogP contribution in [0.1, 0.15) is 34.8 Å². The van der Waals surface area contributed by atoms with E-state index in [0.29, 0.717) is 16.8 Å². The number of aryl methyl sites for hydroxylation is 1. The lowest BCUT2D eigenvalue weighted by Crippen LogP contribution is -2.36. The van der Waals surface area contributed by atoms with Gasteiger partial charge in [0.05, 0.1) is 11.1 Å². The molecule has 25 heavy (non-hydrogen) atoms. The first-order valence-corrected chi connectivity index (χ1v) is 8.20. The molecular weight excluding hydrogens is 316 g/mol. The number of hydrogen-bond acceptors (Lipinski definition) is 4. The van der Waals surface area contributed by atoms with Crippen molar-refractivity contribution in [2.45, 2.75) is 26.1 Å². The Bertz CT molecular complexity index is 989. The lowest BCUT2D eigenvalue weighted by atomic mass is 9.93. The number of Topliss-reactive ketones (excluding diaryl/α,β-unsaturated/α-hetero) is 1. The van der Waals surface area contributed by atoms with Gasteiger partial charge in [-0.1, -0.05) is 36.4 Å². The standard InChI is InChI=1S/C20H18N2O3/c1-3-11-22-12(2)21-16-15(22)10-9-14-17(23)18(24)19(25-20(14)16)13-7-5-4-6-8-13/h3-11,18-19,24H,1-2H3. The fourth-order valence-corrected chi connectivity index (χ4v) is 3.29.